The van der Waals surface area contributed by atoms with Crippen LogP contribution in [0.25, 0.3) is 11.3 Å². The number of hydrogen-bond acceptors (Lipinski definition) is 4. The van der Waals surface area contributed by atoms with Crippen molar-refractivity contribution in [1.82, 2.24) is 10.5 Å². The van der Waals surface area contributed by atoms with Crippen LogP contribution in [0.5, 0.6) is 0 Å². The molecule has 3 atom stereocenters. The summed E-state index contributed by atoms with van der Waals surface area (Å²) in [5, 5.41) is 8.97. The minimum absolute atomic E-state index is 0.230. The number of halogens is 2. The lowest BCUT2D eigenvalue weighted by Crippen LogP contribution is -2.61. The molecule has 6 rings (SSSR count). The fourth-order valence-electron chi connectivity index (χ4n) is 4.05. The van der Waals surface area contributed by atoms with Crippen molar-refractivity contribution in [3.05, 3.63) is 51.7 Å². The van der Waals surface area contributed by atoms with Crippen molar-refractivity contribution < 1.29 is 9.26 Å². The molecule has 2 bridgehead atoms. The normalized spacial score (nSPS) is 27.5. The zero-order valence-electron chi connectivity index (χ0n) is 14.3. The molecule has 1 aromatic carbocycles. The summed E-state index contributed by atoms with van der Waals surface area (Å²) >= 11 is 12.8. The Hall–Kier alpha value is -1.33. The highest BCUT2D eigenvalue weighted by atomic mass is 35.5. The number of rotatable bonds is 5. The minimum atomic E-state index is 0.230. The van der Waals surface area contributed by atoms with Gasteiger partial charge < -0.3 is 14.6 Å². The lowest BCUT2D eigenvalue weighted by molar-refractivity contribution is -0.0108. The average molecular weight is 391 g/mol. The van der Waals surface area contributed by atoms with Crippen molar-refractivity contribution in [2.45, 2.75) is 56.4 Å². The van der Waals surface area contributed by atoms with E-state index in [4.69, 9.17) is 32.5 Å². The third-order valence-electron chi connectivity index (χ3n) is 5.72. The fourth-order valence-corrected chi connectivity index (χ4v) is 4.63. The van der Waals surface area contributed by atoms with Crippen LogP contribution in [0, 0.1) is 0 Å². The van der Waals surface area contributed by atoms with Crippen LogP contribution >= 0.6 is 23.2 Å². The van der Waals surface area contributed by atoms with E-state index in [2.05, 4.69) is 17.1 Å². The molecule has 1 unspecified atom stereocenters. The van der Waals surface area contributed by atoms with E-state index in [-0.39, 0.29) is 6.10 Å². The maximum atomic E-state index is 6.41. The van der Waals surface area contributed by atoms with E-state index in [0.717, 1.165) is 42.6 Å². The van der Waals surface area contributed by atoms with Gasteiger partial charge in [0.25, 0.3) is 0 Å². The second-order valence-corrected chi connectivity index (χ2v) is 8.31. The number of piperidine rings is 1. The molecule has 2 saturated heterocycles. The van der Waals surface area contributed by atoms with Gasteiger partial charge in [0.05, 0.1) is 22.8 Å². The van der Waals surface area contributed by atoms with E-state index in [0.29, 0.717) is 40.3 Å². The summed E-state index contributed by atoms with van der Waals surface area (Å²) in [5.41, 5.74) is 3.75. The monoisotopic (exact) mass is 390 g/mol. The third-order valence-corrected chi connectivity index (χ3v) is 6.35. The molecule has 2 aliphatic heterocycles. The SMILES string of the molecule is C=C1C2C[C@@H](OCc3c(-c4c(Cl)cccc4Cl)noc3C3CC3)C[C@@H]1N2. The van der Waals surface area contributed by atoms with Gasteiger partial charge in [0.2, 0.25) is 0 Å². The summed E-state index contributed by atoms with van der Waals surface area (Å²) < 4.78 is 12.0. The molecule has 0 radical (unpaired) electrons. The number of ether oxygens (including phenoxy) is 1. The van der Waals surface area contributed by atoms with Crippen LogP contribution in [0.3, 0.4) is 0 Å². The van der Waals surface area contributed by atoms with Gasteiger partial charge in [-0.2, -0.15) is 0 Å². The fraction of sp³-hybridized carbons (Fsp3) is 0.450. The van der Waals surface area contributed by atoms with Gasteiger partial charge in [-0.3, -0.25) is 0 Å². The van der Waals surface area contributed by atoms with Crippen molar-refractivity contribution >= 4 is 23.2 Å². The van der Waals surface area contributed by atoms with Crippen LogP contribution in [-0.2, 0) is 11.3 Å². The Bertz CT molecular complexity index is 840. The summed E-state index contributed by atoms with van der Waals surface area (Å²) in [5.74, 6) is 1.37. The Balaban J connectivity index is 1.42. The highest BCUT2D eigenvalue weighted by Crippen LogP contribution is 2.46. The number of nitrogens with zero attached hydrogens (tertiary/aromatic N) is 1. The summed E-state index contributed by atoms with van der Waals surface area (Å²) in [6.45, 7) is 4.61. The largest absolute Gasteiger partial charge is 0.373 e. The van der Waals surface area contributed by atoms with Gasteiger partial charge in [0.1, 0.15) is 11.5 Å². The van der Waals surface area contributed by atoms with Gasteiger partial charge in [-0.25, -0.2) is 0 Å². The van der Waals surface area contributed by atoms with E-state index in [1.807, 2.05) is 18.2 Å². The van der Waals surface area contributed by atoms with Crippen LogP contribution in [0.1, 0.15) is 42.9 Å². The number of nitrogens with one attached hydrogen (secondary N) is 1. The van der Waals surface area contributed by atoms with Gasteiger partial charge >= 0.3 is 0 Å². The number of aromatic nitrogens is 1. The van der Waals surface area contributed by atoms with E-state index < -0.39 is 0 Å². The summed E-state index contributed by atoms with van der Waals surface area (Å²) in [6, 6.07) is 6.29. The molecule has 1 aromatic heterocycles. The zero-order valence-corrected chi connectivity index (χ0v) is 15.8. The molecule has 3 heterocycles. The smallest absolute Gasteiger partial charge is 0.145 e. The topological polar surface area (TPSA) is 47.3 Å². The first-order valence-electron chi connectivity index (χ1n) is 9.11. The predicted octanol–water partition coefficient (Wildman–Crippen LogP) is 5.10. The average Bonchev–Trinajstić information content (AvgIpc) is 3.40. The number of fused-ring (bicyclic) bond motifs is 2. The van der Waals surface area contributed by atoms with E-state index >= 15 is 0 Å². The number of hydrogen-bond donors (Lipinski definition) is 1. The Morgan fingerprint density at radius 3 is 2.50 bits per heavy atom. The molecular formula is C20H20Cl2N2O2. The Morgan fingerprint density at radius 2 is 1.88 bits per heavy atom. The van der Waals surface area contributed by atoms with Crippen molar-refractivity contribution in [2.75, 3.05) is 0 Å². The lowest BCUT2D eigenvalue weighted by Gasteiger charge is -2.48. The van der Waals surface area contributed by atoms with Crippen LogP contribution in [0.15, 0.2) is 34.9 Å². The summed E-state index contributed by atoms with van der Waals surface area (Å²) in [7, 11) is 0. The van der Waals surface area contributed by atoms with Crippen molar-refractivity contribution in [1.29, 1.82) is 0 Å². The summed E-state index contributed by atoms with van der Waals surface area (Å²) in [4.78, 5) is 0. The first kappa shape index (κ1) is 16.8. The third kappa shape index (κ3) is 2.80. The molecule has 0 amide bonds. The maximum Gasteiger partial charge on any atom is 0.145 e. The molecule has 4 nitrogen and oxygen atoms in total. The van der Waals surface area contributed by atoms with Crippen molar-refractivity contribution in [2.24, 2.45) is 0 Å². The van der Waals surface area contributed by atoms with Crippen LogP contribution < -0.4 is 5.32 Å². The van der Waals surface area contributed by atoms with E-state index in [9.17, 15) is 0 Å². The van der Waals surface area contributed by atoms with Gasteiger partial charge in [0, 0.05) is 29.1 Å². The van der Waals surface area contributed by atoms with Gasteiger partial charge in [-0.1, -0.05) is 41.0 Å². The number of benzene rings is 1. The quantitative estimate of drug-likeness (QED) is 0.721. The molecule has 4 aliphatic rings. The zero-order chi connectivity index (χ0) is 17.8. The predicted molar refractivity (Wildman–Crippen MR) is 102 cm³/mol. The van der Waals surface area contributed by atoms with Crippen LogP contribution in [0.4, 0.5) is 0 Å². The Morgan fingerprint density at radius 1 is 1.19 bits per heavy atom. The lowest BCUT2D eigenvalue weighted by atomic mass is 9.77. The standard InChI is InChI=1S/C20H20Cl2N2O2/c1-10-16-7-12(8-17(10)23-16)25-9-13-19(24-26-20(13)11-5-6-11)18-14(21)3-2-4-15(18)22/h2-4,11-12,16-17,23H,1,5-9H2/t12-,16-,17?/m0/s1. The molecule has 0 spiro atoms. The first-order chi connectivity index (χ1) is 12.6. The second kappa shape index (κ2) is 6.38. The van der Waals surface area contributed by atoms with Gasteiger partial charge in [0.15, 0.2) is 0 Å². The molecule has 136 valence electrons. The second-order valence-electron chi connectivity index (χ2n) is 7.50. The van der Waals surface area contributed by atoms with Gasteiger partial charge in [-0.15, -0.1) is 0 Å². The molecule has 2 saturated carbocycles. The molecule has 26 heavy (non-hydrogen) atoms. The Kier molecular flexibility index (Phi) is 4.13. The van der Waals surface area contributed by atoms with Crippen LogP contribution in [0.2, 0.25) is 10.0 Å². The van der Waals surface area contributed by atoms with Gasteiger partial charge in [-0.05, 0) is 43.4 Å². The van der Waals surface area contributed by atoms with Crippen molar-refractivity contribution in [3.8, 4) is 11.3 Å². The minimum Gasteiger partial charge on any atom is -0.373 e. The molecule has 6 heteroatoms. The maximum absolute atomic E-state index is 6.41. The molecular weight excluding hydrogens is 371 g/mol. The molecule has 4 fully saturated rings. The highest BCUT2D eigenvalue weighted by molar-refractivity contribution is 6.39. The van der Waals surface area contributed by atoms with Crippen LogP contribution in [-0.4, -0.2) is 23.3 Å². The Labute approximate surface area is 162 Å². The van der Waals surface area contributed by atoms with E-state index in [1.54, 1.807) is 0 Å². The first-order valence-corrected chi connectivity index (χ1v) is 9.86. The molecule has 1 N–H and O–H groups in total. The highest BCUT2D eigenvalue weighted by Gasteiger charge is 2.42. The summed E-state index contributed by atoms with van der Waals surface area (Å²) in [6.07, 6.45) is 4.45. The molecule has 2 aromatic rings. The van der Waals surface area contributed by atoms with E-state index in [1.165, 1.54) is 5.57 Å². The molecule has 2 aliphatic carbocycles. The van der Waals surface area contributed by atoms with Crippen molar-refractivity contribution in [3.63, 3.8) is 0 Å².